The Morgan fingerprint density at radius 2 is 2.50 bits per heavy atom. The summed E-state index contributed by atoms with van der Waals surface area (Å²) in [5.41, 5.74) is 0. The highest BCUT2D eigenvalue weighted by Gasteiger charge is 2.25. The molecule has 1 atom stereocenters. The van der Waals surface area contributed by atoms with Crippen LogP contribution in [0.2, 0.25) is 5.02 Å². The van der Waals surface area contributed by atoms with E-state index in [1.54, 1.807) is 12.5 Å². The van der Waals surface area contributed by atoms with Crippen LogP contribution in [0.3, 0.4) is 0 Å². The van der Waals surface area contributed by atoms with Gasteiger partial charge in [0.05, 0.1) is 6.20 Å². The first-order valence-electron chi connectivity index (χ1n) is 4.61. The molecule has 0 radical (unpaired) electrons. The molecule has 1 aromatic rings. The highest BCUT2D eigenvalue weighted by atomic mass is 79.9. The van der Waals surface area contributed by atoms with Crippen molar-refractivity contribution in [3.05, 3.63) is 17.5 Å². The molecule has 3 nitrogen and oxygen atoms in total. The molecule has 76 valence electrons. The first kappa shape index (κ1) is 10.2. The van der Waals surface area contributed by atoms with Crippen molar-refractivity contribution < 1.29 is 0 Å². The van der Waals surface area contributed by atoms with E-state index in [0.717, 1.165) is 17.7 Å². The molecule has 0 N–H and O–H groups in total. The molecule has 0 aliphatic carbocycles. The van der Waals surface area contributed by atoms with Crippen LogP contribution in [-0.4, -0.2) is 27.9 Å². The summed E-state index contributed by atoms with van der Waals surface area (Å²) < 4.78 is 0. The number of nitrogens with zero attached hydrogens (tertiary/aromatic N) is 3. The lowest BCUT2D eigenvalue weighted by Gasteiger charge is -2.24. The molecule has 2 rings (SSSR count). The fourth-order valence-corrected chi connectivity index (χ4v) is 2.68. The summed E-state index contributed by atoms with van der Waals surface area (Å²) in [6.45, 7) is 1.03. The van der Waals surface area contributed by atoms with Crippen molar-refractivity contribution in [2.24, 2.45) is 0 Å². The van der Waals surface area contributed by atoms with Crippen LogP contribution in [0.5, 0.6) is 0 Å². The average Bonchev–Trinajstić information content (AvgIpc) is 2.66. The molecule has 5 heteroatoms. The summed E-state index contributed by atoms with van der Waals surface area (Å²) >= 11 is 9.55. The van der Waals surface area contributed by atoms with E-state index in [2.05, 4.69) is 30.8 Å². The van der Waals surface area contributed by atoms with Gasteiger partial charge in [0.2, 0.25) is 0 Å². The van der Waals surface area contributed by atoms with Gasteiger partial charge in [0.1, 0.15) is 11.3 Å². The Kier molecular flexibility index (Phi) is 3.23. The predicted molar refractivity (Wildman–Crippen MR) is 61.2 cm³/mol. The molecule has 0 spiro atoms. The molecule has 2 heterocycles. The summed E-state index contributed by atoms with van der Waals surface area (Å²) in [4.78, 5) is 10.4. The van der Waals surface area contributed by atoms with Crippen molar-refractivity contribution >= 4 is 33.3 Å². The maximum atomic E-state index is 6.04. The molecule has 1 aliphatic heterocycles. The zero-order chi connectivity index (χ0) is 9.97. The molecule has 0 amide bonds. The summed E-state index contributed by atoms with van der Waals surface area (Å²) in [5.74, 6) is 0.864. The standard InChI is InChI=1S/C9H11BrClN3/c10-4-7-2-1-3-14(7)9-8(11)5-12-6-13-9/h5-7H,1-4H2. The molecule has 1 fully saturated rings. The fraction of sp³-hybridized carbons (Fsp3) is 0.556. The van der Waals surface area contributed by atoms with Gasteiger partial charge in [-0.25, -0.2) is 9.97 Å². The van der Waals surface area contributed by atoms with E-state index in [-0.39, 0.29) is 0 Å². The zero-order valence-corrected chi connectivity index (χ0v) is 10.00. The first-order valence-corrected chi connectivity index (χ1v) is 6.11. The fourth-order valence-electron chi connectivity index (χ4n) is 1.79. The van der Waals surface area contributed by atoms with Crippen molar-refractivity contribution in [2.75, 3.05) is 16.8 Å². The van der Waals surface area contributed by atoms with E-state index < -0.39 is 0 Å². The van der Waals surface area contributed by atoms with Crippen molar-refractivity contribution in [3.8, 4) is 0 Å². The highest BCUT2D eigenvalue weighted by Crippen LogP contribution is 2.29. The minimum absolute atomic E-state index is 0.516. The molecule has 1 aliphatic rings. The molecular formula is C9H11BrClN3. The van der Waals surface area contributed by atoms with E-state index in [9.17, 15) is 0 Å². The van der Waals surface area contributed by atoms with Crippen LogP contribution in [0, 0.1) is 0 Å². The normalized spacial score (nSPS) is 21.6. The number of alkyl halides is 1. The van der Waals surface area contributed by atoms with E-state index in [1.807, 2.05) is 0 Å². The quantitative estimate of drug-likeness (QED) is 0.777. The Hall–Kier alpha value is -0.350. The molecule has 0 aromatic carbocycles. The van der Waals surface area contributed by atoms with Crippen LogP contribution in [0.15, 0.2) is 12.5 Å². The molecule has 1 unspecified atom stereocenters. The Labute approximate surface area is 96.6 Å². The van der Waals surface area contributed by atoms with Gasteiger partial charge in [0.25, 0.3) is 0 Å². The van der Waals surface area contributed by atoms with Gasteiger partial charge in [-0.2, -0.15) is 0 Å². The van der Waals surface area contributed by atoms with Crippen molar-refractivity contribution in [1.82, 2.24) is 9.97 Å². The molecule has 14 heavy (non-hydrogen) atoms. The smallest absolute Gasteiger partial charge is 0.151 e. The van der Waals surface area contributed by atoms with Gasteiger partial charge in [-0.3, -0.25) is 0 Å². The third kappa shape index (κ3) is 1.86. The van der Waals surface area contributed by atoms with Gasteiger partial charge in [0, 0.05) is 17.9 Å². The van der Waals surface area contributed by atoms with E-state index in [1.165, 1.54) is 12.8 Å². The summed E-state index contributed by atoms with van der Waals surface area (Å²) in [6, 6.07) is 0.516. The van der Waals surface area contributed by atoms with Gasteiger partial charge < -0.3 is 4.90 Å². The second-order valence-corrected chi connectivity index (χ2v) is 4.39. The van der Waals surface area contributed by atoms with E-state index >= 15 is 0 Å². The summed E-state index contributed by atoms with van der Waals surface area (Å²) in [6.07, 6.45) is 5.60. The van der Waals surface area contributed by atoms with Crippen LogP contribution in [-0.2, 0) is 0 Å². The first-order chi connectivity index (χ1) is 6.83. The second-order valence-electron chi connectivity index (χ2n) is 3.34. The van der Waals surface area contributed by atoms with Crippen LogP contribution < -0.4 is 4.90 Å². The summed E-state index contributed by atoms with van der Waals surface area (Å²) in [5, 5.41) is 1.60. The Morgan fingerprint density at radius 3 is 3.21 bits per heavy atom. The van der Waals surface area contributed by atoms with Crippen LogP contribution in [0.1, 0.15) is 12.8 Å². The zero-order valence-electron chi connectivity index (χ0n) is 7.66. The van der Waals surface area contributed by atoms with Crippen molar-refractivity contribution in [1.29, 1.82) is 0 Å². The number of anilines is 1. The summed E-state index contributed by atoms with van der Waals surface area (Å²) in [7, 11) is 0. The molecule has 0 saturated carbocycles. The van der Waals surface area contributed by atoms with Crippen molar-refractivity contribution in [3.63, 3.8) is 0 Å². The number of halogens is 2. The Bertz CT molecular complexity index is 321. The minimum Gasteiger partial charge on any atom is -0.351 e. The molecule has 1 aromatic heterocycles. The molecule has 1 saturated heterocycles. The third-order valence-electron chi connectivity index (χ3n) is 2.48. The number of rotatable bonds is 2. The average molecular weight is 277 g/mol. The largest absolute Gasteiger partial charge is 0.351 e. The number of aromatic nitrogens is 2. The van der Waals surface area contributed by atoms with Gasteiger partial charge in [-0.05, 0) is 12.8 Å². The Morgan fingerprint density at radius 1 is 1.64 bits per heavy atom. The maximum Gasteiger partial charge on any atom is 0.151 e. The van der Waals surface area contributed by atoms with Gasteiger partial charge in [0.15, 0.2) is 5.82 Å². The second kappa shape index (κ2) is 4.45. The number of hydrogen-bond donors (Lipinski definition) is 0. The minimum atomic E-state index is 0.516. The predicted octanol–water partition coefficient (Wildman–Crippen LogP) is 2.49. The molecule has 0 bridgehead atoms. The lowest BCUT2D eigenvalue weighted by molar-refractivity contribution is 0.740. The van der Waals surface area contributed by atoms with E-state index in [4.69, 9.17) is 11.6 Å². The topological polar surface area (TPSA) is 29.0 Å². The van der Waals surface area contributed by atoms with Gasteiger partial charge in [-0.1, -0.05) is 27.5 Å². The lowest BCUT2D eigenvalue weighted by Crippen LogP contribution is -2.31. The SMILES string of the molecule is Clc1cncnc1N1CCCC1CBr. The third-order valence-corrected chi connectivity index (χ3v) is 3.49. The maximum absolute atomic E-state index is 6.04. The Balaban J connectivity index is 2.26. The lowest BCUT2D eigenvalue weighted by atomic mass is 10.2. The van der Waals surface area contributed by atoms with Crippen molar-refractivity contribution in [2.45, 2.75) is 18.9 Å². The van der Waals surface area contributed by atoms with Crippen LogP contribution in [0.4, 0.5) is 5.82 Å². The van der Waals surface area contributed by atoms with Gasteiger partial charge >= 0.3 is 0 Å². The van der Waals surface area contributed by atoms with Gasteiger partial charge in [-0.15, -0.1) is 0 Å². The highest BCUT2D eigenvalue weighted by molar-refractivity contribution is 9.09. The van der Waals surface area contributed by atoms with Crippen LogP contribution >= 0.6 is 27.5 Å². The number of hydrogen-bond acceptors (Lipinski definition) is 3. The monoisotopic (exact) mass is 275 g/mol. The van der Waals surface area contributed by atoms with E-state index in [0.29, 0.717) is 11.1 Å². The molecular weight excluding hydrogens is 265 g/mol. The van der Waals surface area contributed by atoms with Crippen LogP contribution in [0.25, 0.3) is 0 Å².